The van der Waals surface area contributed by atoms with Gasteiger partial charge in [-0.15, -0.1) is 13.2 Å². The average Bonchev–Trinajstić information content (AvgIpc) is 2.89. The van der Waals surface area contributed by atoms with Crippen molar-refractivity contribution in [3.63, 3.8) is 0 Å². The van der Waals surface area contributed by atoms with Gasteiger partial charge in [0.25, 0.3) is 0 Å². The van der Waals surface area contributed by atoms with Crippen LogP contribution in [0.4, 0.5) is 17.6 Å². The van der Waals surface area contributed by atoms with Crippen molar-refractivity contribution in [2.45, 2.75) is 40.5 Å². The molecule has 4 aromatic carbocycles. The van der Waals surface area contributed by atoms with Crippen LogP contribution in [0.5, 0.6) is 11.5 Å². The lowest BCUT2D eigenvalue weighted by Gasteiger charge is -2.26. The van der Waals surface area contributed by atoms with E-state index in [0.29, 0.717) is 5.56 Å². The summed E-state index contributed by atoms with van der Waals surface area (Å²) in [4.78, 5) is 15.3. The first-order valence-electron chi connectivity index (χ1n) is 11.9. The quantitative estimate of drug-likeness (QED) is 0.120. The standard InChI is InChI=1S/C30H25F4O4S/c1-29(2,21-13-15-22(16-14-21)37-30(32,33)34)38-28(35)20-36-27-18-17-25(19-26(27)31)39(23-9-5-3-6-10-23)24-11-7-4-8-12-24/h3-19H,20H2,1-2H3/q+1. The zero-order valence-electron chi connectivity index (χ0n) is 21.1. The van der Waals surface area contributed by atoms with E-state index >= 15 is 4.39 Å². The molecule has 202 valence electrons. The molecule has 9 heteroatoms. The molecule has 0 aliphatic carbocycles. The van der Waals surface area contributed by atoms with Crippen LogP contribution in [0.1, 0.15) is 19.4 Å². The van der Waals surface area contributed by atoms with Gasteiger partial charge >= 0.3 is 12.3 Å². The number of hydrogen-bond acceptors (Lipinski definition) is 4. The van der Waals surface area contributed by atoms with Gasteiger partial charge in [-0.3, -0.25) is 0 Å². The van der Waals surface area contributed by atoms with Crippen LogP contribution in [-0.2, 0) is 26.0 Å². The molecule has 0 atom stereocenters. The summed E-state index contributed by atoms with van der Waals surface area (Å²) in [6, 6.07) is 29.2. The van der Waals surface area contributed by atoms with E-state index in [4.69, 9.17) is 9.47 Å². The molecular formula is C30H25F4O4S+. The fourth-order valence-electron chi connectivity index (χ4n) is 3.81. The highest BCUT2D eigenvalue weighted by Gasteiger charge is 2.32. The van der Waals surface area contributed by atoms with Crippen molar-refractivity contribution in [1.82, 2.24) is 0 Å². The van der Waals surface area contributed by atoms with E-state index in [2.05, 4.69) is 4.74 Å². The fourth-order valence-corrected chi connectivity index (χ4v) is 5.92. The van der Waals surface area contributed by atoms with Gasteiger partial charge in [-0.2, -0.15) is 0 Å². The van der Waals surface area contributed by atoms with Gasteiger partial charge in [0.1, 0.15) is 11.4 Å². The predicted octanol–water partition coefficient (Wildman–Crippen LogP) is 7.68. The Hall–Kier alpha value is -3.98. The number of carbonyl (C=O) groups excluding carboxylic acids is 1. The number of hydrogen-bond donors (Lipinski definition) is 0. The van der Waals surface area contributed by atoms with Crippen molar-refractivity contribution in [2.75, 3.05) is 6.61 Å². The van der Waals surface area contributed by atoms with Crippen LogP contribution < -0.4 is 9.47 Å². The lowest BCUT2D eigenvalue weighted by atomic mass is 9.98. The Balaban J connectivity index is 1.43. The van der Waals surface area contributed by atoms with Crippen molar-refractivity contribution in [3.05, 3.63) is 115 Å². The third kappa shape index (κ3) is 7.54. The Morgan fingerprint density at radius 1 is 0.769 bits per heavy atom. The Labute approximate surface area is 226 Å². The second kappa shape index (κ2) is 11.8. The smallest absolute Gasteiger partial charge is 0.479 e. The highest BCUT2D eigenvalue weighted by molar-refractivity contribution is 7.97. The molecule has 0 aliphatic heterocycles. The van der Waals surface area contributed by atoms with E-state index in [9.17, 15) is 18.0 Å². The third-order valence-electron chi connectivity index (χ3n) is 5.59. The number of ether oxygens (including phenoxy) is 3. The SMILES string of the molecule is CC(C)(OC(=O)COc1ccc([S+](c2ccccc2)c2ccccc2)cc1F)c1ccc(OC(F)(F)F)cc1. The van der Waals surface area contributed by atoms with Crippen LogP contribution in [0.25, 0.3) is 0 Å². The highest BCUT2D eigenvalue weighted by Crippen LogP contribution is 2.33. The minimum Gasteiger partial charge on any atom is -0.479 e. The van der Waals surface area contributed by atoms with Crippen molar-refractivity contribution < 1.29 is 36.6 Å². The van der Waals surface area contributed by atoms with Gasteiger partial charge in [0.2, 0.25) is 0 Å². The summed E-state index contributed by atoms with van der Waals surface area (Å²) in [5.41, 5.74) is -0.742. The maximum Gasteiger partial charge on any atom is 0.573 e. The molecule has 0 fully saturated rings. The predicted molar refractivity (Wildman–Crippen MR) is 139 cm³/mol. The number of halogens is 4. The van der Waals surface area contributed by atoms with Gasteiger partial charge in [0, 0.05) is 6.07 Å². The molecule has 39 heavy (non-hydrogen) atoms. The van der Waals surface area contributed by atoms with Gasteiger partial charge in [0.15, 0.2) is 32.9 Å². The first-order valence-corrected chi connectivity index (χ1v) is 13.1. The number of esters is 1. The molecule has 0 saturated carbocycles. The summed E-state index contributed by atoms with van der Waals surface area (Å²) >= 11 is 0. The Morgan fingerprint density at radius 2 is 1.33 bits per heavy atom. The van der Waals surface area contributed by atoms with Crippen molar-refractivity contribution in [3.8, 4) is 11.5 Å². The molecule has 0 amide bonds. The van der Waals surface area contributed by atoms with Crippen LogP contribution in [-0.4, -0.2) is 18.9 Å². The molecule has 0 spiro atoms. The molecule has 0 aliphatic rings. The van der Waals surface area contributed by atoms with Gasteiger partial charge < -0.3 is 14.2 Å². The minimum atomic E-state index is -4.81. The van der Waals surface area contributed by atoms with E-state index in [0.717, 1.165) is 26.8 Å². The first-order chi connectivity index (χ1) is 18.5. The summed E-state index contributed by atoms with van der Waals surface area (Å²) < 4.78 is 67.0. The van der Waals surface area contributed by atoms with Crippen LogP contribution >= 0.6 is 0 Å². The normalized spacial score (nSPS) is 11.8. The summed E-state index contributed by atoms with van der Waals surface area (Å²) in [6.07, 6.45) is -4.81. The van der Waals surface area contributed by atoms with E-state index in [1.54, 1.807) is 19.9 Å². The monoisotopic (exact) mass is 557 g/mol. The number of carbonyl (C=O) groups is 1. The summed E-state index contributed by atoms with van der Waals surface area (Å²) in [6.45, 7) is 2.60. The maximum absolute atomic E-state index is 15.1. The molecule has 0 radical (unpaired) electrons. The Morgan fingerprint density at radius 3 is 1.85 bits per heavy atom. The highest BCUT2D eigenvalue weighted by atomic mass is 32.2. The number of alkyl halides is 3. The minimum absolute atomic E-state index is 0.105. The molecule has 0 N–H and O–H groups in total. The topological polar surface area (TPSA) is 44.8 Å². The van der Waals surface area contributed by atoms with E-state index in [-0.39, 0.29) is 5.75 Å². The number of rotatable bonds is 9. The van der Waals surface area contributed by atoms with Crippen LogP contribution in [0, 0.1) is 5.82 Å². The van der Waals surface area contributed by atoms with Gasteiger partial charge in [-0.05, 0) is 67.9 Å². The Bertz CT molecular complexity index is 1350. The third-order valence-corrected chi connectivity index (χ3v) is 7.81. The summed E-state index contributed by atoms with van der Waals surface area (Å²) in [5.74, 6) is -1.89. The molecule has 4 aromatic rings. The summed E-state index contributed by atoms with van der Waals surface area (Å²) in [5, 5.41) is 0. The second-order valence-electron chi connectivity index (χ2n) is 8.87. The van der Waals surface area contributed by atoms with Gasteiger partial charge in [0.05, 0.1) is 10.9 Å². The lowest BCUT2D eigenvalue weighted by molar-refractivity contribution is -0.274. The maximum atomic E-state index is 15.1. The largest absolute Gasteiger partial charge is 0.573 e. The van der Waals surface area contributed by atoms with E-state index in [1.165, 1.54) is 24.3 Å². The van der Waals surface area contributed by atoms with Gasteiger partial charge in [-0.25, -0.2) is 9.18 Å². The van der Waals surface area contributed by atoms with Crippen molar-refractivity contribution in [1.29, 1.82) is 0 Å². The fraction of sp³-hybridized carbons (Fsp3) is 0.167. The first kappa shape index (κ1) is 28.0. The molecule has 0 aromatic heterocycles. The molecule has 4 nitrogen and oxygen atoms in total. The lowest BCUT2D eigenvalue weighted by Crippen LogP contribution is -2.28. The number of benzene rings is 4. The van der Waals surface area contributed by atoms with Crippen molar-refractivity contribution >= 4 is 16.9 Å². The molecular weight excluding hydrogens is 532 g/mol. The van der Waals surface area contributed by atoms with E-state index < -0.39 is 47.0 Å². The average molecular weight is 558 g/mol. The van der Waals surface area contributed by atoms with Crippen LogP contribution in [0.3, 0.4) is 0 Å². The second-order valence-corrected chi connectivity index (χ2v) is 10.9. The Kier molecular flexibility index (Phi) is 8.50. The zero-order valence-corrected chi connectivity index (χ0v) is 21.9. The molecule has 0 heterocycles. The van der Waals surface area contributed by atoms with Crippen LogP contribution in [0.15, 0.2) is 118 Å². The molecule has 0 saturated heterocycles. The molecule has 4 rings (SSSR count). The van der Waals surface area contributed by atoms with Crippen LogP contribution in [0.2, 0.25) is 0 Å². The van der Waals surface area contributed by atoms with Gasteiger partial charge in [-0.1, -0.05) is 48.5 Å². The molecule has 0 unspecified atom stereocenters. The van der Waals surface area contributed by atoms with Crippen molar-refractivity contribution in [2.24, 2.45) is 0 Å². The zero-order chi connectivity index (χ0) is 28.0. The summed E-state index contributed by atoms with van der Waals surface area (Å²) in [7, 11) is -0.547. The molecule has 0 bridgehead atoms. The van der Waals surface area contributed by atoms with E-state index in [1.807, 2.05) is 60.7 Å².